The molecule has 3 rings (SSSR count). The predicted octanol–water partition coefficient (Wildman–Crippen LogP) is 3.02. The number of alkyl halides is 2. The quantitative estimate of drug-likeness (QED) is 0.848. The Balaban J connectivity index is 1.75. The van der Waals surface area contributed by atoms with Gasteiger partial charge in [0.2, 0.25) is 0 Å². The van der Waals surface area contributed by atoms with E-state index >= 15 is 0 Å². The Morgan fingerprint density at radius 1 is 1.47 bits per heavy atom. The van der Waals surface area contributed by atoms with Crippen molar-refractivity contribution in [2.75, 3.05) is 13.1 Å². The van der Waals surface area contributed by atoms with Gasteiger partial charge in [-0.15, -0.1) is 11.3 Å². The number of amides is 1. The Hall–Kier alpha value is -1.56. The van der Waals surface area contributed by atoms with Gasteiger partial charge in [0.25, 0.3) is 11.8 Å². The highest BCUT2D eigenvalue weighted by molar-refractivity contribution is 7.16. The largest absolute Gasteiger partial charge is 0.337 e. The van der Waals surface area contributed by atoms with Gasteiger partial charge >= 0.3 is 0 Å². The van der Waals surface area contributed by atoms with Crippen molar-refractivity contribution in [3.05, 3.63) is 29.3 Å². The molecule has 0 unspecified atom stereocenters. The lowest BCUT2D eigenvalue weighted by atomic mass is 9.93. The van der Waals surface area contributed by atoms with Crippen LogP contribution in [0.3, 0.4) is 0 Å². The number of fused-ring (bicyclic) bond motifs is 1. The molecule has 0 spiro atoms. The molecular formula is C13H12F2N2OS. The van der Waals surface area contributed by atoms with Crippen molar-refractivity contribution in [1.29, 1.82) is 0 Å². The Morgan fingerprint density at radius 3 is 2.89 bits per heavy atom. The number of carbonyl (C=O) groups is 1. The summed E-state index contributed by atoms with van der Waals surface area (Å²) in [5.41, 5.74) is 3.11. The first-order chi connectivity index (χ1) is 8.95. The molecule has 1 fully saturated rings. The third-order valence-electron chi connectivity index (χ3n) is 3.46. The fourth-order valence-electron chi connectivity index (χ4n) is 2.14. The van der Waals surface area contributed by atoms with Crippen molar-refractivity contribution < 1.29 is 13.6 Å². The second kappa shape index (κ2) is 4.23. The van der Waals surface area contributed by atoms with Gasteiger partial charge in [0, 0.05) is 18.7 Å². The minimum Gasteiger partial charge on any atom is -0.337 e. The van der Waals surface area contributed by atoms with E-state index in [9.17, 15) is 13.6 Å². The van der Waals surface area contributed by atoms with Crippen LogP contribution in [0.25, 0.3) is 10.2 Å². The predicted molar refractivity (Wildman–Crippen MR) is 69.6 cm³/mol. The fourth-order valence-corrected chi connectivity index (χ4v) is 2.85. The number of likely N-dealkylation sites (tertiary alicyclic amines) is 1. The highest BCUT2D eigenvalue weighted by Crippen LogP contribution is 2.32. The maximum atomic E-state index is 13.0. The molecule has 0 bridgehead atoms. The lowest BCUT2D eigenvalue weighted by Crippen LogP contribution is -2.55. The number of rotatable bonds is 2. The van der Waals surface area contributed by atoms with E-state index in [1.54, 1.807) is 23.7 Å². The van der Waals surface area contributed by atoms with Crippen LogP contribution >= 0.6 is 11.3 Å². The summed E-state index contributed by atoms with van der Waals surface area (Å²) in [5, 5.41) is 0. The summed E-state index contributed by atoms with van der Waals surface area (Å²) in [6.07, 6.45) is 0. The first-order valence-electron chi connectivity index (χ1n) is 5.95. The van der Waals surface area contributed by atoms with Gasteiger partial charge in [-0.2, -0.15) is 0 Å². The van der Waals surface area contributed by atoms with E-state index < -0.39 is 11.8 Å². The van der Waals surface area contributed by atoms with E-state index in [4.69, 9.17) is 0 Å². The first kappa shape index (κ1) is 12.5. The number of thiazole rings is 1. The van der Waals surface area contributed by atoms with E-state index in [2.05, 4.69) is 4.98 Å². The molecule has 0 radical (unpaired) electrons. The average Bonchev–Trinajstić information content (AvgIpc) is 2.71. The molecule has 3 nitrogen and oxygen atoms in total. The van der Waals surface area contributed by atoms with Gasteiger partial charge in [-0.25, -0.2) is 13.8 Å². The molecule has 1 aliphatic heterocycles. The van der Waals surface area contributed by atoms with E-state index in [1.807, 2.05) is 0 Å². The van der Waals surface area contributed by atoms with Crippen molar-refractivity contribution in [3.8, 4) is 0 Å². The van der Waals surface area contributed by atoms with Gasteiger partial charge in [-0.05, 0) is 25.1 Å². The van der Waals surface area contributed by atoms with Gasteiger partial charge in [0.1, 0.15) is 0 Å². The molecule has 1 aromatic carbocycles. The summed E-state index contributed by atoms with van der Waals surface area (Å²) < 4.78 is 27.0. The molecule has 0 saturated carbocycles. The molecule has 100 valence electrons. The molecular weight excluding hydrogens is 270 g/mol. The number of benzene rings is 1. The van der Waals surface area contributed by atoms with Crippen LogP contribution in [0.1, 0.15) is 17.3 Å². The molecule has 0 aliphatic carbocycles. The summed E-state index contributed by atoms with van der Waals surface area (Å²) in [6.45, 7) is 1.16. The van der Waals surface area contributed by atoms with Gasteiger partial charge in [0.15, 0.2) is 0 Å². The van der Waals surface area contributed by atoms with Crippen LogP contribution in [0.5, 0.6) is 0 Å². The van der Waals surface area contributed by atoms with Crippen molar-refractivity contribution in [2.24, 2.45) is 5.92 Å². The number of carbonyl (C=O) groups excluding carboxylic acids is 1. The van der Waals surface area contributed by atoms with Gasteiger partial charge in [-0.3, -0.25) is 4.79 Å². The summed E-state index contributed by atoms with van der Waals surface area (Å²) >= 11 is 1.46. The van der Waals surface area contributed by atoms with E-state index in [0.717, 1.165) is 17.1 Å². The Bertz CT molecular complexity index is 629. The average molecular weight is 282 g/mol. The van der Waals surface area contributed by atoms with Crippen LogP contribution in [0.2, 0.25) is 0 Å². The molecule has 1 aliphatic rings. The lowest BCUT2D eigenvalue weighted by Gasteiger charge is -2.42. The van der Waals surface area contributed by atoms with Crippen molar-refractivity contribution in [2.45, 2.75) is 12.8 Å². The summed E-state index contributed by atoms with van der Waals surface area (Å²) in [5.74, 6) is -3.61. The van der Waals surface area contributed by atoms with Crippen molar-refractivity contribution in [3.63, 3.8) is 0 Å². The van der Waals surface area contributed by atoms with Crippen molar-refractivity contribution >= 4 is 27.5 Å². The van der Waals surface area contributed by atoms with Crippen molar-refractivity contribution in [1.82, 2.24) is 9.88 Å². The number of nitrogens with zero attached hydrogens (tertiary/aromatic N) is 2. The summed E-state index contributed by atoms with van der Waals surface area (Å²) in [7, 11) is 0. The summed E-state index contributed by atoms with van der Waals surface area (Å²) in [6, 6.07) is 5.25. The number of aromatic nitrogens is 1. The Morgan fingerprint density at radius 2 is 2.21 bits per heavy atom. The Kier molecular flexibility index (Phi) is 2.78. The van der Waals surface area contributed by atoms with Crippen LogP contribution in [0.4, 0.5) is 8.78 Å². The second-order valence-electron chi connectivity index (χ2n) is 4.90. The minimum absolute atomic E-state index is 0.128. The molecule has 19 heavy (non-hydrogen) atoms. The standard InChI is InChI=1S/C13H12F2N2OS/c1-13(14,15)9-5-17(6-9)12(18)8-2-3-10-11(4-8)19-7-16-10/h2-4,7,9H,5-6H2,1H3. The van der Waals surface area contributed by atoms with Crippen LogP contribution in [0, 0.1) is 5.92 Å². The topological polar surface area (TPSA) is 33.2 Å². The molecule has 2 aromatic rings. The van der Waals surface area contributed by atoms with Crippen LogP contribution in [-0.4, -0.2) is 34.8 Å². The third kappa shape index (κ3) is 2.20. The zero-order valence-corrected chi connectivity index (χ0v) is 11.1. The fraction of sp³-hybridized carbons (Fsp3) is 0.385. The van der Waals surface area contributed by atoms with E-state index in [0.29, 0.717) is 5.56 Å². The summed E-state index contributed by atoms with van der Waals surface area (Å²) in [4.78, 5) is 17.7. The second-order valence-corrected chi connectivity index (χ2v) is 5.78. The molecule has 6 heteroatoms. The molecule has 1 aromatic heterocycles. The molecule has 0 atom stereocenters. The first-order valence-corrected chi connectivity index (χ1v) is 6.83. The van der Waals surface area contributed by atoms with E-state index in [-0.39, 0.29) is 19.0 Å². The Labute approximate surface area is 112 Å². The number of hydrogen-bond donors (Lipinski definition) is 0. The lowest BCUT2D eigenvalue weighted by molar-refractivity contribution is -0.0924. The SMILES string of the molecule is CC(F)(F)C1CN(C(=O)c2ccc3ncsc3c2)C1. The van der Waals surface area contributed by atoms with Gasteiger partial charge in [-0.1, -0.05) is 0 Å². The van der Waals surface area contributed by atoms with Crippen LogP contribution in [0.15, 0.2) is 23.7 Å². The number of hydrogen-bond acceptors (Lipinski definition) is 3. The minimum atomic E-state index is -2.71. The maximum Gasteiger partial charge on any atom is 0.253 e. The molecule has 2 heterocycles. The van der Waals surface area contributed by atoms with E-state index in [1.165, 1.54) is 16.2 Å². The number of halogens is 2. The van der Waals surface area contributed by atoms with Crippen LogP contribution < -0.4 is 0 Å². The maximum absolute atomic E-state index is 13.0. The van der Waals surface area contributed by atoms with Gasteiger partial charge < -0.3 is 4.90 Å². The molecule has 1 saturated heterocycles. The van der Waals surface area contributed by atoms with Gasteiger partial charge in [0.05, 0.1) is 21.6 Å². The third-order valence-corrected chi connectivity index (χ3v) is 4.26. The molecule has 0 N–H and O–H groups in total. The normalized spacial score (nSPS) is 16.7. The zero-order valence-electron chi connectivity index (χ0n) is 10.3. The zero-order chi connectivity index (χ0) is 13.6. The molecule has 1 amide bonds. The highest BCUT2D eigenvalue weighted by Gasteiger charge is 2.44. The highest BCUT2D eigenvalue weighted by atomic mass is 32.1. The smallest absolute Gasteiger partial charge is 0.253 e. The monoisotopic (exact) mass is 282 g/mol. The van der Waals surface area contributed by atoms with Crippen LogP contribution in [-0.2, 0) is 0 Å².